The molecule has 0 atom stereocenters. The van der Waals surface area contributed by atoms with Gasteiger partial charge in [0.15, 0.2) is 0 Å². The Morgan fingerprint density at radius 3 is 1.60 bits per heavy atom. The van der Waals surface area contributed by atoms with Gasteiger partial charge in [-0.3, -0.25) is 4.12 Å². The van der Waals surface area contributed by atoms with Crippen LogP contribution in [0.1, 0.15) is 53.8 Å². The molecule has 230 valence electrons. The highest BCUT2D eigenvalue weighted by atomic mass is 28.4. The third kappa shape index (κ3) is 12.1. The largest absolute Gasteiger partial charge is 0.462 e. The molecule has 3 N–H and O–H groups in total. The minimum atomic E-state index is -1.54. The van der Waals surface area contributed by atoms with Gasteiger partial charge in [0, 0.05) is 17.9 Å². The molecule has 3 aromatic rings. The van der Waals surface area contributed by atoms with Gasteiger partial charge in [0.05, 0.1) is 36.9 Å². The maximum Gasteiger partial charge on any atom is 0.456 e. The van der Waals surface area contributed by atoms with Crippen LogP contribution in [0.5, 0.6) is 0 Å². The van der Waals surface area contributed by atoms with Gasteiger partial charge in [-0.25, -0.2) is 9.59 Å². The standard InChI is InChI=1S/C30H42N6O5Si2/c1-7-19-39-26(37)22-10-14-24(15-11-22)32-29-34-28(31-18-9-21-42(3)41-43(4,5)6)35-30(36-29)33-25-16-12-23(13-17-25)27(38)40-20-8-2/h10-17H,7-9,18-21H2,1-6H3,(H2-,31,32,33,34,35,36,37,38)/p+1. The average molecular weight is 624 g/mol. The van der Waals surface area contributed by atoms with Crippen LogP contribution < -0.4 is 16.0 Å². The number of hydrogen-bond donors (Lipinski definition) is 3. The van der Waals surface area contributed by atoms with Gasteiger partial charge in [-0.15, -0.1) is 0 Å². The Kier molecular flexibility index (Phi) is 13.1. The van der Waals surface area contributed by atoms with Gasteiger partial charge >= 0.3 is 21.0 Å². The van der Waals surface area contributed by atoms with Crippen molar-refractivity contribution in [2.45, 2.75) is 65.3 Å². The summed E-state index contributed by atoms with van der Waals surface area (Å²) in [5.74, 6) is 0.341. The number of nitrogens with one attached hydrogen (secondary N) is 3. The molecule has 0 amide bonds. The quantitative estimate of drug-likeness (QED) is 0.0835. The molecule has 0 saturated heterocycles. The number of esters is 2. The van der Waals surface area contributed by atoms with E-state index in [2.05, 4.69) is 57.1 Å². The number of nitrogens with zero attached hydrogens (tertiary/aromatic N) is 3. The van der Waals surface area contributed by atoms with Crippen molar-refractivity contribution in [1.29, 1.82) is 0 Å². The average Bonchev–Trinajstić information content (AvgIpc) is 2.96. The summed E-state index contributed by atoms with van der Waals surface area (Å²) in [4.78, 5) is 38.0. The number of rotatable bonds is 17. The Bertz CT molecular complexity index is 1240. The predicted molar refractivity (Wildman–Crippen MR) is 174 cm³/mol. The van der Waals surface area contributed by atoms with E-state index in [1.54, 1.807) is 48.5 Å². The van der Waals surface area contributed by atoms with Crippen LogP contribution in [-0.4, -0.2) is 64.0 Å². The highest BCUT2D eigenvalue weighted by Gasteiger charge is 2.30. The first kappa shape index (κ1) is 33.7. The van der Waals surface area contributed by atoms with Gasteiger partial charge in [-0.2, -0.15) is 15.0 Å². The molecule has 0 aliphatic carbocycles. The van der Waals surface area contributed by atoms with Crippen LogP contribution in [0.25, 0.3) is 0 Å². The maximum absolute atomic E-state index is 12.2. The second kappa shape index (κ2) is 16.7. The molecule has 0 fully saturated rings. The molecular formula is C30H43N6O5Si2+. The van der Waals surface area contributed by atoms with Gasteiger partial charge in [-0.1, -0.05) is 13.8 Å². The van der Waals surface area contributed by atoms with E-state index in [4.69, 9.17) is 13.6 Å². The second-order valence-electron chi connectivity index (χ2n) is 10.9. The zero-order valence-electron chi connectivity index (χ0n) is 26.0. The highest BCUT2D eigenvalue weighted by Crippen LogP contribution is 2.20. The molecular weight excluding hydrogens is 581 g/mol. The summed E-state index contributed by atoms with van der Waals surface area (Å²) < 4.78 is 16.7. The van der Waals surface area contributed by atoms with Crippen molar-refractivity contribution in [3.8, 4) is 0 Å². The second-order valence-corrected chi connectivity index (χ2v) is 17.9. The Morgan fingerprint density at radius 1 is 0.744 bits per heavy atom. The lowest BCUT2D eigenvalue weighted by molar-refractivity contribution is 0.0496. The van der Waals surface area contributed by atoms with Crippen molar-refractivity contribution in [2.24, 2.45) is 0 Å². The van der Waals surface area contributed by atoms with E-state index >= 15 is 0 Å². The Morgan fingerprint density at radius 2 is 1.19 bits per heavy atom. The minimum Gasteiger partial charge on any atom is -0.462 e. The van der Waals surface area contributed by atoms with Crippen LogP contribution in [0.3, 0.4) is 0 Å². The number of anilines is 5. The van der Waals surface area contributed by atoms with Crippen LogP contribution in [0.2, 0.25) is 32.2 Å². The summed E-state index contributed by atoms with van der Waals surface area (Å²) in [6, 6.07) is 14.9. The van der Waals surface area contributed by atoms with Crippen LogP contribution >= 0.6 is 0 Å². The van der Waals surface area contributed by atoms with Gasteiger partial charge < -0.3 is 25.4 Å². The zero-order chi connectivity index (χ0) is 31.2. The summed E-state index contributed by atoms with van der Waals surface area (Å²) in [5.41, 5.74) is 2.34. The van der Waals surface area contributed by atoms with Gasteiger partial charge in [0.2, 0.25) is 26.2 Å². The molecule has 0 aliphatic heterocycles. The number of aromatic nitrogens is 3. The molecule has 0 spiro atoms. The summed E-state index contributed by atoms with van der Waals surface area (Å²) in [7, 11) is -2.39. The van der Waals surface area contributed by atoms with E-state index < -0.39 is 17.4 Å². The molecule has 13 heteroatoms. The molecule has 0 radical (unpaired) electrons. The topological polar surface area (TPSA) is 137 Å². The number of carbonyl (C=O) groups is 2. The summed E-state index contributed by atoms with van der Waals surface area (Å²) in [5, 5.41) is 9.69. The Labute approximate surface area is 257 Å². The normalized spacial score (nSPS) is 11.0. The van der Waals surface area contributed by atoms with Gasteiger partial charge in [0.1, 0.15) is 0 Å². The van der Waals surface area contributed by atoms with Crippen LogP contribution in [-0.2, 0) is 13.6 Å². The van der Waals surface area contributed by atoms with Crippen molar-refractivity contribution < 1.29 is 23.2 Å². The molecule has 43 heavy (non-hydrogen) atoms. The number of benzene rings is 2. The highest BCUT2D eigenvalue weighted by molar-refractivity contribution is 6.77. The molecule has 2 aromatic carbocycles. The lowest BCUT2D eigenvalue weighted by atomic mass is 10.2. The van der Waals surface area contributed by atoms with Crippen molar-refractivity contribution in [1.82, 2.24) is 15.0 Å². The van der Waals surface area contributed by atoms with Crippen LogP contribution in [0.4, 0.5) is 29.2 Å². The van der Waals surface area contributed by atoms with E-state index in [-0.39, 0.29) is 11.9 Å². The third-order valence-corrected chi connectivity index (χ3v) is 10.6. The molecule has 0 bridgehead atoms. The third-order valence-electron chi connectivity index (χ3n) is 5.73. The van der Waals surface area contributed by atoms with Crippen LogP contribution in [0, 0.1) is 0 Å². The van der Waals surface area contributed by atoms with Crippen molar-refractivity contribution in [2.75, 3.05) is 35.7 Å². The Hall–Kier alpha value is -3.82. The summed E-state index contributed by atoms with van der Waals surface area (Å²) in [6.07, 6.45) is 2.46. The molecule has 0 unspecified atom stereocenters. The molecule has 1 aromatic heterocycles. The van der Waals surface area contributed by atoms with E-state index in [9.17, 15) is 9.59 Å². The van der Waals surface area contributed by atoms with E-state index in [1.807, 2.05) is 13.8 Å². The monoisotopic (exact) mass is 623 g/mol. The molecule has 0 saturated carbocycles. The Balaban J connectivity index is 1.73. The van der Waals surface area contributed by atoms with Crippen LogP contribution in [0.15, 0.2) is 48.5 Å². The molecule has 11 nitrogen and oxygen atoms in total. The molecule has 1 heterocycles. The smallest absolute Gasteiger partial charge is 0.456 e. The number of hydrogen-bond acceptors (Lipinski definition) is 11. The van der Waals surface area contributed by atoms with E-state index in [0.29, 0.717) is 60.1 Å². The predicted octanol–water partition coefficient (Wildman–Crippen LogP) is 6.77. The fourth-order valence-corrected chi connectivity index (χ4v) is 9.14. The lowest BCUT2D eigenvalue weighted by Gasteiger charge is -2.13. The summed E-state index contributed by atoms with van der Waals surface area (Å²) >= 11 is 0. The minimum absolute atomic E-state index is 0.323. The van der Waals surface area contributed by atoms with Gasteiger partial charge in [-0.05, 0) is 87.4 Å². The van der Waals surface area contributed by atoms with E-state index in [0.717, 1.165) is 25.3 Å². The van der Waals surface area contributed by atoms with Crippen molar-refractivity contribution in [3.63, 3.8) is 0 Å². The van der Waals surface area contributed by atoms with E-state index in [1.165, 1.54) is 0 Å². The first-order chi connectivity index (χ1) is 20.6. The van der Waals surface area contributed by atoms with Crippen molar-refractivity contribution >= 4 is 58.5 Å². The maximum atomic E-state index is 12.2. The molecule has 3 rings (SSSR count). The zero-order valence-corrected chi connectivity index (χ0v) is 28.0. The fourth-order valence-electron chi connectivity index (χ4n) is 3.87. The number of ether oxygens (including phenoxy) is 2. The van der Waals surface area contributed by atoms with Gasteiger partial charge in [0.25, 0.3) is 0 Å². The number of carbonyl (C=O) groups excluding carboxylic acids is 2. The fraction of sp³-hybridized carbons (Fsp3) is 0.433. The first-order valence-electron chi connectivity index (χ1n) is 14.7. The SMILES string of the molecule is CCCOC(=O)c1ccc(Nc2nc(NCCC[Si+](C)O[Si](C)(C)C)nc(Nc3ccc(C(=O)OCCC)cc3)n2)cc1. The molecule has 0 aliphatic rings. The summed E-state index contributed by atoms with van der Waals surface area (Å²) in [6.45, 7) is 14.2. The van der Waals surface area contributed by atoms with Crippen molar-refractivity contribution in [3.05, 3.63) is 59.7 Å². The first-order valence-corrected chi connectivity index (χ1v) is 20.2. The lowest BCUT2D eigenvalue weighted by Crippen LogP contribution is -2.33.